The number of benzene rings is 1. The highest BCUT2D eigenvalue weighted by Gasteiger charge is 2.12. The number of Topliss-reactive ketones (excluding diaryl/α,β-unsaturated/α-hetero) is 2. The van der Waals surface area contributed by atoms with Gasteiger partial charge in [-0.15, -0.1) is 0 Å². The standard InChI is InChI=1S/C20H29NO3/c1-3-4-5-6-7-8-9-12-17(23)15-20(24)21-19-14-11-10-13-18(19)16(2)22/h10-11,13-14H,3-9,12,15H2,1-2H3,(H,21,24). The topological polar surface area (TPSA) is 63.2 Å². The fourth-order valence-electron chi connectivity index (χ4n) is 2.64. The van der Waals surface area contributed by atoms with Crippen LogP contribution in [0.3, 0.4) is 0 Å². The van der Waals surface area contributed by atoms with Crippen LogP contribution in [0.2, 0.25) is 0 Å². The third-order valence-corrected chi connectivity index (χ3v) is 4.00. The van der Waals surface area contributed by atoms with E-state index in [1.807, 2.05) is 0 Å². The minimum Gasteiger partial charge on any atom is -0.325 e. The summed E-state index contributed by atoms with van der Waals surface area (Å²) in [7, 11) is 0. The molecule has 0 heterocycles. The summed E-state index contributed by atoms with van der Waals surface area (Å²) in [6, 6.07) is 6.84. The quantitative estimate of drug-likeness (QED) is 0.335. The summed E-state index contributed by atoms with van der Waals surface area (Å²) in [5.74, 6) is -0.502. The Labute approximate surface area is 145 Å². The maximum absolute atomic E-state index is 12.0. The molecule has 1 N–H and O–H groups in total. The van der Waals surface area contributed by atoms with Crippen molar-refractivity contribution in [3.63, 3.8) is 0 Å². The van der Waals surface area contributed by atoms with Crippen LogP contribution in [0.4, 0.5) is 5.69 Å². The number of anilines is 1. The lowest BCUT2D eigenvalue weighted by Crippen LogP contribution is -2.17. The Bertz CT molecular complexity index is 552. The molecule has 4 heteroatoms. The van der Waals surface area contributed by atoms with Gasteiger partial charge in [0.15, 0.2) is 5.78 Å². The van der Waals surface area contributed by atoms with Gasteiger partial charge in [-0.1, -0.05) is 57.6 Å². The van der Waals surface area contributed by atoms with E-state index in [0.29, 0.717) is 17.7 Å². The fraction of sp³-hybridized carbons (Fsp3) is 0.550. The van der Waals surface area contributed by atoms with Gasteiger partial charge in [-0.3, -0.25) is 14.4 Å². The SMILES string of the molecule is CCCCCCCCCC(=O)CC(=O)Nc1ccccc1C(C)=O. The van der Waals surface area contributed by atoms with Gasteiger partial charge in [-0.05, 0) is 25.5 Å². The predicted octanol–water partition coefficient (Wildman–Crippen LogP) is 4.93. The van der Waals surface area contributed by atoms with Crippen molar-refractivity contribution in [2.75, 3.05) is 5.32 Å². The molecule has 24 heavy (non-hydrogen) atoms. The number of hydrogen-bond acceptors (Lipinski definition) is 3. The summed E-state index contributed by atoms with van der Waals surface area (Å²) in [5.41, 5.74) is 0.934. The lowest BCUT2D eigenvalue weighted by atomic mass is 10.1. The van der Waals surface area contributed by atoms with Crippen molar-refractivity contribution in [3.05, 3.63) is 29.8 Å². The molecule has 0 aromatic heterocycles. The van der Waals surface area contributed by atoms with E-state index in [2.05, 4.69) is 12.2 Å². The van der Waals surface area contributed by atoms with Gasteiger partial charge in [0.05, 0.1) is 12.1 Å². The number of unbranched alkanes of at least 4 members (excludes halogenated alkanes) is 6. The number of nitrogens with one attached hydrogen (secondary N) is 1. The number of amides is 1. The van der Waals surface area contributed by atoms with Crippen LogP contribution >= 0.6 is 0 Å². The van der Waals surface area contributed by atoms with E-state index in [-0.39, 0.29) is 23.9 Å². The Morgan fingerprint density at radius 2 is 1.54 bits per heavy atom. The zero-order valence-electron chi connectivity index (χ0n) is 14.9. The molecule has 1 rings (SSSR count). The molecule has 0 aliphatic heterocycles. The van der Waals surface area contributed by atoms with Crippen LogP contribution in [0.15, 0.2) is 24.3 Å². The van der Waals surface area contributed by atoms with Crippen LogP contribution < -0.4 is 5.32 Å². The first kappa shape index (κ1) is 20.1. The predicted molar refractivity (Wildman–Crippen MR) is 97.3 cm³/mol. The monoisotopic (exact) mass is 331 g/mol. The molecule has 0 aliphatic rings. The normalized spacial score (nSPS) is 10.4. The van der Waals surface area contributed by atoms with Crippen LogP contribution in [0, 0.1) is 0 Å². The van der Waals surface area contributed by atoms with E-state index in [1.54, 1.807) is 24.3 Å². The number of carbonyl (C=O) groups is 3. The van der Waals surface area contributed by atoms with Crippen molar-refractivity contribution < 1.29 is 14.4 Å². The molecule has 0 saturated heterocycles. The van der Waals surface area contributed by atoms with E-state index >= 15 is 0 Å². The van der Waals surface area contributed by atoms with Gasteiger partial charge in [0.25, 0.3) is 0 Å². The molecule has 0 radical (unpaired) electrons. The Kier molecular flexibility index (Phi) is 9.66. The van der Waals surface area contributed by atoms with Gasteiger partial charge in [0, 0.05) is 12.0 Å². The van der Waals surface area contributed by atoms with Crippen molar-refractivity contribution in [2.45, 2.75) is 71.6 Å². The molecule has 132 valence electrons. The zero-order chi connectivity index (χ0) is 17.8. The highest BCUT2D eigenvalue weighted by atomic mass is 16.2. The van der Waals surface area contributed by atoms with Crippen molar-refractivity contribution >= 4 is 23.2 Å². The van der Waals surface area contributed by atoms with Crippen LogP contribution in [-0.2, 0) is 9.59 Å². The maximum Gasteiger partial charge on any atom is 0.231 e. The van der Waals surface area contributed by atoms with E-state index in [0.717, 1.165) is 19.3 Å². The molecule has 0 saturated carbocycles. The first-order valence-electron chi connectivity index (χ1n) is 8.96. The van der Waals surface area contributed by atoms with Gasteiger partial charge < -0.3 is 5.32 Å². The van der Waals surface area contributed by atoms with E-state index < -0.39 is 0 Å². The molecule has 0 bridgehead atoms. The molecule has 4 nitrogen and oxygen atoms in total. The minimum atomic E-state index is -0.350. The Hall–Kier alpha value is -1.97. The van der Waals surface area contributed by atoms with Crippen molar-refractivity contribution in [3.8, 4) is 0 Å². The molecule has 1 aromatic rings. The second kappa shape index (κ2) is 11.5. The van der Waals surface area contributed by atoms with Crippen LogP contribution in [0.25, 0.3) is 0 Å². The summed E-state index contributed by atoms with van der Waals surface area (Å²) < 4.78 is 0. The Balaban J connectivity index is 2.28. The summed E-state index contributed by atoms with van der Waals surface area (Å²) >= 11 is 0. The van der Waals surface area contributed by atoms with Crippen LogP contribution in [0.5, 0.6) is 0 Å². The average molecular weight is 331 g/mol. The Morgan fingerprint density at radius 3 is 2.21 bits per heavy atom. The maximum atomic E-state index is 12.0. The average Bonchev–Trinajstić information content (AvgIpc) is 2.54. The third-order valence-electron chi connectivity index (χ3n) is 4.00. The molecule has 0 atom stereocenters. The van der Waals surface area contributed by atoms with Gasteiger partial charge in [-0.25, -0.2) is 0 Å². The molecular weight excluding hydrogens is 302 g/mol. The van der Waals surface area contributed by atoms with Gasteiger partial charge in [-0.2, -0.15) is 0 Å². The number of ketones is 2. The summed E-state index contributed by atoms with van der Waals surface area (Å²) in [6.07, 6.45) is 8.39. The van der Waals surface area contributed by atoms with Gasteiger partial charge >= 0.3 is 0 Å². The smallest absolute Gasteiger partial charge is 0.231 e. The van der Waals surface area contributed by atoms with Crippen molar-refractivity contribution in [2.24, 2.45) is 0 Å². The number of carbonyl (C=O) groups excluding carboxylic acids is 3. The Morgan fingerprint density at radius 1 is 0.917 bits per heavy atom. The highest BCUT2D eigenvalue weighted by molar-refractivity contribution is 6.08. The van der Waals surface area contributed by atoms with E-state index in [4.69, 9.17) is 0 Å². The summed E-state index contributed by atoms with van der Waals surface area (Å²) in [5, 5.41) is 2.67. The largest absolute Gasteiger partial charge is 0.325 e. The number of hydrogen-bond donors (Lipinski definition) is 1. The number of rotatable bonds is 12. The van der Waals surface area contributed by atoms with Crippen LogP contribution in [0.1, 0.15) is 82.0 Å². The molecule has 0 aliphatic carbocycles. The van der Waals surface area contributed by atoms with Crippen molar-refractivity contribution in [1.82, 2.24) is 0 Å². The van der Waals surface area contributed by atoms with Gasteiger partial charge in [0.1, 0.15) is 5.78 Å². The van der Waals surface area contributed by atoms with Crippen LogP contribution in [-0.4, -0.2) is 17.5 Å². The molecular formula is C20H29NO3. The highest BCUT2D eigenvalue weighted by Crippen LogP contribution is 2.16. The zero-order valence-corrected chi connectivity index (χ0v) is 14.9. The second-order valence-electron chi connectivity index (χ2n) is 6.24. The first-order chi connectivity index (χ1) is 11.5. The second-order valence-corrected chi connectivity index (χ2v) is 6.24. The number of para-hydroxylation sites is 1. The van der Waals surface area contributed by atoms with E-state index in [1.165, 1.54) is 32.6 Å². The van der Waals surface area contributed by atoms with Gasteiger partial charge in [0.2, 0.25) is 5.91 Å². The molecule has 0 spiro atoms. The molecule has 1 amide bonds. The summed E-state index contributed by atoms with van der Waals surface area (Å²) in [6.45, 7) is 3.65. The molecule has 0 unspecified atom stereocenters. The fourth-order valence-corrected chi connectivity index (χ4v) is 2.64. The molecule has 1 aromatic carbocycles. The lowest BCUT2D eigenvalue weighted by Gasteiger charge is -2.08. The lowest BCUT2D eigenvalue weighted by molar-refractivity contribution is -0.125. The van der Waals surface area contributed by atoms with E-state index in [9.17, 15) is 14.4 Å². The third kappa shape index (κ3) is 8.04. The summed E-state index contributed by atoms with van der Waals surface area (Å²) in [4.78, 5) is 35.4. The van der Waals surface area contributed by atoms with Crippen molar-refractivity contribution in [1.29, 1.82) is 0 Å². The molecule has 0 fully saturated rings. The minimum absolute atomic E-state index is 0.0404. The first-order valence-corrected chi connectivity index (χ1v) is 8.96.